The maximum absolute atomic E-state index is 12.8. The number of hydrogen-bond donors (Lipinski definition) is 2. The highest BCUT2D eigenvalue weighted by Crippen LogP contribution is 2.24. The molecular weight excluding hydrogens is 356 g/mol. The number of thiophene rings is 1. The van der Waals surface area contributed by atoms with E-state index >= 15 is 0 Å². The Labute approximate surface area is 163 Å². The number of anilines is 1. The second kappa shape index (κ2) is 8.33. The lowest BCUT2D eigenvalue weighted by molar-refractivity contribution is 0.0951. The Morgan fingerprint density at radius 2 is 2.07 bits per heavy atom. The molecule has 27 heavy (non-hydrogen) atoms. The van der Waals surface area contributed by atoms with Crippen LogP contribution in [0, 0.1) is 0 Å². The van der Waals surface area contributed by atoms with Crippen molar-refractivity contribution in [1.82, 2.24) is 15.6 Å². The summed E-state index contributed by atoms with van der Waals surface area (Å²) in [6, 6.07) is 18.3. The van der Waals surface area contributed by atoms with Crippen LogP contribution >= 0.6 is 11.3 Å². The minimum absolute atomic E-state index is 0.0821. The van der Waals surface area contributed by atoms with Gasteiger partial charge in [0.05, 0.1) is 12.1 Å². The van der Waals surface area contributed by atoms with Crippen molar-refractivity contribution in [1.29, 1.82) is 0 Å². The lowest BCUT2D eigenvalue weighted by atomic mass is 10.0. The normalized spacial score (nSPS) is 16.9. The molecule has 0 spiro atoms. The van der Waals surface area contributed by atoms with Gasteiger partial charge in [0, 0.05) is 36.8 Å². The molecule has 0 bridgehead atoms. The van der Waals surface area contributed by atoms with Crippen molar-refractivity contribution < 1.29 is 4.79 Å². The number of carbonyl (C=O) groups excluding carboxylic acids is 1. The second-order valence-electron chi connectivity index (χ2n) is 6.50. The molecule has 0 saturated carbocycles. The molecular formula is C21H22N4OS. The molecule has 4 rings (SSSR count). The van der Waals surface area contributed by atoms with Crippen LogP contribution < -0.4 is 15.5 Å². The molecule has 0 aliphatic carbocycles. The van der Waals surface area contributed by atoms with E-state index in [2.05, 4.69) is 44.8 Å². The monoisotopic (exact) mass is 378 g/mol. The Hall–Kier alpha value is -2.70. The molecule has 1 aliphatic rings. The van der Waals surface area contributed by atoms with Crippen molar-refractivity contribution in [2.45, 2.75) is 12.6 Å². The molecule has 1 amide bonds. The van der Waals surface area contributed by atoms with Gasteiger partial charge in [0.25, 0.3) is 5.91 Å². The molecule has 2 aromatic heterocycles. The van der Waals surface area contributed by atoms with Crippen molar-refractivity contribution in [2.24, 2.45) is 0 Å². The van der Waals surface area contributed by atoms with E-state index in [1.807, 2.05) is 35.7 Å². The van der Waals surface area contributed by atoms with Crippen LogP contribution in [0.1, 0.15) is 26.8 Å². The van der Waals surface area contributed by atoms with Gasteiger partial charge in [0.2, 0.25) is 0 Å². The van der Waals surface area contributed by atoms with Crippen molar-refractivity contribution in [3.8, 4) is 0 Å². The van der Waals surface area contributed by atoms with Gasteiger partial charge in [0.1, 0.15) is 5.82 Å². The average Bonchev–Trinajstić information content (AvgIpc) is 3.26. The number of benzene rings is 1. The van der Waals surface area contributed by atoms with Crippen LogP contribution in [0.5, 0.6) is 0 Å². The van der Waals surface area contributed by atoms with Crippen LogP contribution in [-0.4, -0.2) is 30.5 Å². The van der Waals surface area contributed by atoms with Gasteiger partial charge in [-0.1, -0.05) is 36.4 Å². The highest BCUT2D eigenvalue weighted by Gasteiger charge is 2.25. The summed E-state index contributed by atoms with van der Waals surface area (Å²) in [6.45, 7) is 3.00. The number of carbonyl (C=O) groups is 1. The number of hydrogen-bond acceptors (Lipinski definition) is 5. The minimum Gasteiger partial charge on any atom is -0.353 e. The molecule has 1 fully saturated rings. The summed E-state index contributed by atoms with van der Waals surface area (Å²) in [4.78, 5) is 20.6. The highest BCUT2D eigenvalue weighted by molar-refractivity contribution is 7.09. The van der Waals surface area contributed by atoms with Crippen LogP contribution in [0.4, 0.5) is 5.82 Å². The zero-order valence-electron chi connectivity index (χ0n) is 15.0. The molecule has 0 radical (unpaired) electrons. The van der Waals surface area contributed by atoms with Crippen LogP contribution in [0.15, 0.2) is 66.2 Å². The third-order valence-corrected chi connectivity index (χ3v) is 5.59. The molecule has 1 saturated heterocycles. The molecule has 1 aromatic carbocycles. The number of amides is 1. The van der Waals surface area contributed by atoms with E-state index in [0.29, 0.717) is 12.1 Å². The Bertz CT molecular complexity index is 882. The van der Waals surface area contributed by atoms with E-state index in [1.165, 1.54) is 5.56 Å². The summed E-state index contributed by atoms with van der Waals surface area (Å²) in [6.07, 6.45) is 1.75. The number of pyridine rings is 1. The molecule has 1 aliphatic heterocycles. The third kappa shape index (κ3) is 4.18. The van der Waals surface area contributed by atoms with Crippen molar-refractivity contribution in [2.75, 3.05) is 24.5 Å². The fourth-order valence-corrected chi connectivity index (χ4v) is 4.00. The topological polar surface area (TPSA) is 57.3 Å². The van der Waals surface area contributed by atoms with E-state index in [9.17, 15) is 4.79 Å². The van der Waals surface area contributed by atoms with Crippen LogP contribution in [0.2, 0.25) is 0 Å². The molecule has 0 unspecified atom stereocenters. The lowest BCUT2D eigenvalue weighted by Crippen LogP contribution is -2.46. The Kier molecular flexibility index (Phi) is 5.46. The van der Waals surface area contributed by atoms with Gasteiger partial charge in [-0.05, 0) is 29.1 Å². The third-order valence-electron chi connectivity index (χ3n) is 4.71. The summed E-state index contributed by atoms with van der Waals surface area (Å²) in [5, 5.41) is 8.59. The summed E-state index contributed by atoms with van der Waals surface area (Å²) < 4.78 is 0. The first kappa shape index (κ1) is 17.7. The molecule has 1 atom stereocenters. The van der Waals surface area contributed by atoms with Gasteiger partial charge in [-0.3, -0.25) is 4.79 Å². The molecule has 3 heterocycles. The molecule has 3 aromatic rings. The largest absolute Gasteiger partial charge is 0.353 e. The van der Waals surface area contributed by atoms with E-state index in [4.69, 9.17) is 0 Å². The first-order valence-corrected chi connectivity index (χ1v) is 9.98. The van der Waals surface area contributed by atoms with E-state index in [-0.39, 0.29) is 11.9 Å². The van der Waals surface area contributed by atoms with Crippen LogP contribution in [0.3, 0.4) is 0 Å². The summed E-state index contributed by atoms with van der Waals surface area (Å²) in [5.74, 6) is 0.671. The van der Waals surface area contributed by atoms with Gasteiger partial charge in [-0.15, -0.1) is 11.3 Å². The number of aromatic nitrogens is 1. The minimum atomic E-state index is -0.0821. The Morgan fingerprint density at radius 3 is 2.89 bits per heavy atom. The number of rotatable bonds is 5. The smallest absolute Gasteiger partial charge is 0.255 e. The molecule has 5 nitrogen and oxygen atoms in total. The van der Waals surface area contributed by atoms with Crippen LogP contribution in [0.25, 0.3) is 0 Å². The predicted octanol–water partition coefficient (Wildman–Crippen LogP) is 3.22. The zero-order chi connectivity index (χ0) is 18.5. The average molecular weight is 379 g/mol. The maximum Gasteiger partial charge on any atom is 0.255 e. The van der Waals surface area contributed by atoms with E-state index in [1.54, 1.807) is 17.5 Å². The SMILES string of the molecule is O=C(NCc1cccs1)c1cccnc1N1CCN[C@H](c2ccccc2)C1. The first-order chi connectivity index (χ1) is 13.3. The van der Waals surface area contributed by atoms with Gasteiger partial charge < -0.3 is 15.5 Å². The highest BCUT2D eigenvalue weighted by atomic mass is 32.1. The quantitative estimate of drug-likeness (QED) is 0.716. The predicted molar refractivity (Wildman–Crippen MR) is 109 cm³/mol. The van der Waals surface area contributed by atoms with E-state index in [0.717, 1.165) is 30.3 Å². The molecule has 2 N–H and O–H groups in total. The van der Waals surface area contributed by atoms with Gasteiger partial charge in [-0.25, -0.2) is 4.98 Å². The summed E-state index contributed by atoms with van der Waals surface area (Å²) in [7, 11) is 0. The zero-order valence-corrected chi connectivity index (χ0v) is 15.8. The fourth-order valence-electron chi connectivity index (χ4n) is 3.35. The number of piperazine rings is 1. The Balaban J connectivity index is 1.50. The van der Waals surface area contributed by atoms with Crippen molar-refractivity contribution >= 4 is 23.1 Å². The lowest BCUT2D eigenvalue weighted by Gasteiger charge is -2.35. The van der Waals surface area contributed by atoms with E-state index < -0.39 is 0 Å². The number of nitrogens with one attached hydrogen (secondary N) is 2. The molecule has 138 valence electrons. The summed E-state index contributed by atoms with van der Waals surface area (Å²) >= 11 is 1.64. The van der Waals surface area contributed by atoms with Crippen molar-refractivity contribution in [3.05, 3.63) is 82.2 Å². The van der Waals surface area contributed by atoms with Crippen molar-refractivity contribution in [3.63, 3.8) is 0 Å². The number of nitrogens with zero attached hydrogens (tertiary/aromatic N) is 2. The maximum atomic E-state index is 12.8. The molecule has 6 heteroatoms. The van der Waals surface area contributed by atoms with Crippen LogP contribution in [-0.2, 0) is 6.54 Å². The van der Waals surface area contributed by atoms with Gasteiger partial charge >= 0.3 is 0 Å². The Morgan fingerprint density at radius 1 is 1.19 bits per heavy atom. The second-order valence-corrected chi connectivity index (χ2v) is 7.53. The fraction of sp³-hybridized carbons (Fsp3) is 0.238. The first-order valence-electron chi connectivity index (χ1n) is 9.10. The van der Waals surface area contributed by atoms with Gasteiger partial charge in [0.15, 0.2) is 0 Å². The van der Waals surface area contributed by atoms with Gasteiger partial charge in [-0.2, -0.15) is 0 Å². The summed E-state index contributed by atoms with van der Waals surface area (Å²) in [5.41, 5.74) is 1.88. The standard InChI is InChI=1S/C21H22N4OS/c26-21(24-14-17-8-5-13-27-17)18-9-4-10-23-20(18)25-12-11-22-19(15-25)16-6-2-1-3-7-16/h1-10,13,19,22H,11-12,14-15H2,(H,24,26)/t19-/m0/s1.